The SMILES string of the molecule is Cc1c(C(=O)N2CCOC(CC(=O)O)C2)nnn1-c1ccc(Cl)cc1F. The first-order valence-corrected chi connectivity index (χ1v) is 8.25. The Morgan fingerprint density at radius 2 is 2.23 bits per heavy atom. The molecule has 10 heteroatoms. The zero-order valence-electron chi connectivity index (χ0n) is 13.9. The van der Waals surface area contributed by atoms with E-state index in [0.29, 0.717) is 12.2 Å². The third-order valence-electron chi connectivity index (χ3n) is 4.06. The van der Waals surface area contributed by atoms with Crippen LogP contribution in [0.2, 0.25) is 5.02 Å². The number of amides is 1. The third kappa shape index (κ3) is 3.68. The Balaban J connectivity index is 1.83. The molecule has 1 N–H and O–H groups in total. The smallest absolute Gasteiger partial charge is 0.306 e. The molecule has 2 heterocycles. The van der Waals surface area contributed by atoms with Crippen molar-refractivity contribution in [3.05, 3.63) is 40.4 Å². The van der Waals surface area contributed by atoms with E-state index in [2.05, 4.69) is 10.3 Å². The second-order valence-electron chi connectivity index (χ2n) is 5.87. The van der Waals surface area contributed by atoms with Crippen LogP contribution in [0.15, 0.2) is 18.2 Å². The molecule has 0 aliphatic carbocycles. The van der Waals surface area contributed by atoms with Crippen molar-refractivity contribution in [2.45, 2.75) is 19.4 Å². The van der Waals surface area contributed by atoms with Crippen molar-refractivity contribution in [1.29, 1.82) is 0 Å². The van der Waals surface area contributed by atoms with Gasteiger partial charge in [0.05, 0.1) is 24.8 Å². The van der Waals surface area contributed by atoms with Crippen molar-refractivity contribution in [2.75, 3.05) is 19.7 Å². The minimum Gasteiger partial charge on any atom is -0.481 e. The molecular weight excluding hydrogens is 367 g/mol. The van der Waals surface area contributed by atoms with E-state index in [1.54, 1.807) is 6.92 Å². The first-order chi connectivity index (χ1) is 12.4. The summed E-state index contributed by atoms with van der Waals surface area (Å²) in [5.41, 5.74) is 0.581. The minimum absolute atomic E-state index is 0.0790. The van der Waals surface area contributed by atoms with Gasteiger partial charge in [0.1, 0.15) is 11.5 Å². The summed E-state index contributed by atoms with van der Waals surface area (Å²) in [5.74, 6) is -1.98. The van der Waals surface area contributed by atoms with Crippen LogP contribution < -0.4 is 0 Å². The molecule has 1 saturated heterocycles. The van der Waals surface area contributed by atoms with E-state index >= 15 is 0 Å². The number of carbonyl (C=O) groups excluding carboxylic acids is 1. The number of carboxylic acids is 1. The maximum atomic E-state index is 14.1. The van der Waals surface area contributed by atoms with Gasteiger partial charge >= 0.3 is 5.97 Å². The maximum absolute atomic E-state index is 14.1. The van der Waals surface area contributed by atoms with Gasteiger partial charge in [-0.3, -0.25) is 9.59 Å². The molecule has 0 spiro atoms. The predicted octanol–water partition coefficient (Wildman–Crippen LogP) is 1.68. The molecule has 1 aromatic heterocycles. The molecule has 1 fully saturated rings. The Morgan fingerprint density at radius 1 is 1.46 bits per heavy atom. The molecule has 1 aromatic carbocycles. The van der Waals surface area contributed by atoms with Crippen LogP contribution in [0.4, 0.5) is 4.39 Å². The van der Waals surface area contributed by atoms with Gasteiger partial charge in [-0.1, -0.05) is 16.8 Å². The summed E-state index contributed by atoms with van der Waals surface area (Å²) in [6.45, 7) is 2.31. The van der Waals surface area contributed by atoms with Crippen LogP contribution in [0.1, 0.15) is 22.6 Å². The molecule has 2 aromatic rings. The standard InChI is InChI=1S/C16H16ClFN4O4/c1-9-15(16(25)21-4-5-26-11(8-21)7-14(23)24)19-20-22(9)13-3-2-10(17)6-12(13)18/h2-3,6,11H,4-5,7-8H2,1H3,(H,23,24). The minimum atomic E-state index is -0.996. The number of hydrogen-bond donors (Lipinski definition) is 1. The van der Waals surface area contributed by atoms with Gasteiger partial charge in [-0.25, -0.2) is 9.07 Å². The zero-order chi connectivity index (χ0) is 18.8. The first kappa shape index (κ1) is 18.3. The number of rotatable bonds is 4. The van der Waals surface area contributed by atoms with Gasteiger partial charge in [-0.2, -0.15) is 0 Å². The average molecular weight is 383 g/mol. The Hall–Kier alpha value is -2.52. The number of halogens is 2. The Kier molecular flexibility index (Phi) is 5.19. The summed E-state index contributed by atoms with van der Waals surface area (Å²) < 4.78 is 20.7. The molecule has 26 heavy (non-hydrogen) atoms. The highest BCUT2D eigenvalue weighted by Gasteiger charge is 2.29. The second-order valence-corrected chi connectivity index (χ2v) is 6.31. The van der Waals surface area contributed by atoms with Crippen LogP contribution in [0.25, 0.3) is 5.69 Å². The molecule has 0 saturated carbocycles. The quantitative estimate of drug-likeness (QED) is 0.864. The van der Waals surface area contributed by atoms with Crippen molar-refractivity contribution in [1.82, 2.24) is 19.9 Å². The van der Waals surface area contributed by atoms with Crippen molar-refractivity contribution in [2.24, 2.45) is 0 Å². The van der Waals surface area contributed by atoms with Gasteiger partial charge in [-0.05, 0) is 25.1 Å². The molecule has 8 nitrogen and oxygen atoms in total. The van der Waals surface area contributed by atoms with Gasteiger partial charge in [0.2, 0.25) is 0 Å². The van der Waals surface area contributed by atoms with Crippen molar-refractivity contribution in [3.63, 3.8) is 0 Å². The number of nitrogens with zero attached hydrogens (tertiary/aromatic N) is 4. The van der Waals surface area contributed by atoms with E-state index in [4.69, 9.17) is 21.4 Å². The number of morpholine rings is 1. The van der Waals surface area contributed by atoms with Crippen LogP contribution >= 0.6 is 11.6 Å². The highest BCUT2D eigenvalue weighted by Crippen LogP contribution is 2.21. The van der Waals surface area contributed by atoms with Crippen LogP contribution in [-0.4, -0.2) is 62.7 Å². The summed E-state index contributed by atoms with van der Waals surface area (Å²) in [5, 5.41) is 16.9. The number of ether oxygens (including phenoxy) is 1. The van der Waals surface area contributed by atoms with Crippen LogP contribution in [0, 0.1) is 12.7 Å². The number of aliphatic carboxylic acids is 1. The molecule has 1 amide bonds. The Labute approximate surface area is 153 Å². The first-order valence-electron chi connectivity index (χ1n) is 7.87. The van der Waals surface area contributed by atoms with E-state index in [0.717, 1.165) is 6.07 Å². The van der Waals surface area contributed by atoms with Gasteiger partial charge in [0.25, 0.3) is 5.91 Å². The Bertz CT molecular complexity index is 857. The molecule has 1 atom stereocenters. The fraction of sp³-hybridized carbons (Fsp3) is 0.375. The Morgan fingerprint density at radius 3 is 2.92 bits per heavy atom. The molecule has 1 aliphatic heterocycles. The number of hydrogen-bond acceptors (Lipinski definition) is 5. The predicted molar refractivity (Wildman–Crippen MR) is 89.0 cm³/mol. The topological polar surface area (TPSA) is 97.6 Å². The molecule has 1 unspecified atom stereocenters. The highest BCUT2D eigenvalue weighted by molar-refractivity contribution is 6.30. The fourth-order valence-electron chi connectivity index (χ4n) is 2.78. The van der Waals surface area contributed by atoms with Crippen molar-refractivity contribution in [3.8, 4) is 5.69 Å². The lowest BCUT2D eigenvalue weighted by Crippen LogP contribution is -2.46. The van der Waals surface area contributed by atoms with E-state index in [1.165, 1.54) is 21.7 Å². The molecule has 1 aliphatic rings. The fourth-order valence-corrected chi connectivity index (χ4v) is 2.94. The second kappa shape index (κ2) is 7.38. The number of benzene rings is 1. The van der Waals surface area contributed by atoms with Crippen LogP contribution in [-0.2, 0) is 9.53 Å². The summed E-state index contributed by atoms with van der Waals surface area (Å²) in [4.78, 5) is 25.0. The number of aromatic nitrogens is 3. The lowest BCUT2D eigenvalue weighted by atomic mass is 10.2. The maximum Gasteiger partial charge on any atom is 0.306 e. The molecule has 0 bridgehead atoms. The lowest BCUT2D eigenvalue weighted by Gasteiger charge is -2.31. The van der Waals surface area contributed by atoms with Crippen molar-refractivity contribution >= 4 is 23.5 Å². The van der Waals surface area contributed by atoms with Crippen LogP contribution in [0.3, 0.4) is 0 Å². The van der Waals surface area contributed by atoms with E-state index in [-0.39, 0.29) is 36.0 Å². The summed E-state index contributed by atoms with van der Waals surface area (Å²) in [6, 6.07) is 4.12. The van der Waals surface area contributed by atoms with Gasteiger partial charge < -0.3 is 14.7 Å². The summed E-state index contributed by atoms with van der Waals surface area (Å²) >= 11 is 5.75. The van der Waals surface area contributed by atoms with Gasteiger partial charge in [-0.15, -0.1) is 5.10 Å². The number of carbonyl (C=O) groups is 2. The third-order valence-corrected chi connectivity index (χ3v) is 4.30. The zero-order valence-corrected chi connectivity index (χ0v) is 14.6. The monoisotopic (exact) mass is 382 g/mol. The lowest BCUT2D eigenvalue weighted by molar-refractivity contribution is -0.141. The molecule has 138 valence electrons. The van der Waals surface area contributed by atoms with Crippen molar-refractivity contribution < 1.29 is 23.8 Å². The van der Waals surface area contributed by atoms with Crippen LogP contribution in [0.5, 0.6) is 0 Å². The molecular formula is C16H16ClFN4O4. The largest absolute Gasteiger partial charge is 0.481 e. The molecule has 0 radical (unpaired) electrons. The van der Waals surface area contributed by atoms with E-state index < -0.39 is 23.8 Å². The van der Waals surface area contributed by atoms with Gasteiger partial charge in [0.15, 0.2) is 5.69 Å². The molecule has 3 rings (SSSR count). The summed E-state index contributed by atoms with van der Waals surface area (Å²) in [6.07, 6.45) is -0.764. The van der Waals surface area contributed by atoms with E-state index in [1.807, 2.05) is 0 Å². The summed E-state index contributed by atoms with van der Waals surface area (Å²) in [7, 11) is 0. The van der Waals surface area contributed by atoms with Gasteiger partial charge in [0, 0.05) is 18.1 Å². The average Bonchev–Trinajstić information content (AvgIpc) is 2.95. The normalized spacial score (nSPS) is 17.3. The highest BCUT2D eigenvalue weighted by atomic mass is 35.5. The van der Waals surface area contributed by atoms with E-state index in [9.17, 15) is 14.0 Å². The number of carboxylic acid groups (broad SMARTS) is 1.